The molecular weight excluding hydrogens is 270 g/mol. The smallest absolute Gasteiger partial charge is 0.337 e. The number of carboxylic acids is 1. The van der Waals surface area contributed by atoms with Gasteiger partial charge in [-0.25, -0.2) is 9.78 Å². The van der Waals surface area contributed by atoms with Gasteiger partial charge in [-0.2, -0.15) is 0 Å². The van der Waals surface area contributed by atoms with Crippen molar-refractivity contribution < 1.29 is 19.4 Å². The molecule has 5 nitrogen and oxygen atoms in total. The van der Waals surface area contributed by atoms with E-state index in [1.165, 1.54) is 19.4 Å². The lowest BCUT2D eigenvalue weighted by Gasteiger charge is -2.09. The lowest BCUT2D eigenvalue weighted by atomic mass is 10.2. The first-order valence-electron chi connectivity index (χ1n) is 5.31. The third kappa shape index (κ3) is 2.95. The number of hydrogen-bond donors (Lipinski definition) is 1. The minimum atomic E-state index is -1.14. The van der Waals surface area contributed by atoms with Crippen molar-refractivity contribution in [1.82, 2.24) is 4.98 Å². The molecule has 0 bridgehead atoms. The molecule has 1 aromatic heterocycles. The number of ether oxygens (including phenoxy) is 2. The standard InChI is InChI=1S/C13H10ClNO4/c1-18-10-4-2-3-5-11(10)19-12-6-8(13(16)17)9(14)7-15-12/h2-7H,1H3,(H,16,17). The number of carbonyl (C=O) groups is 1. The lowest BCUT2D eigenvalue weighted by Crippen LogP contribution is -2.00. The van der Waals surface area contributed by atoms with Crippen molar-refractivity contribution in [3.05, 3.63) is 47.1 Å². The molecule has 6 heteroatoms. The van der Waals surface area contributed by atoms with Crippen molar-refractivity contribution in [2.75, 3.05) is 7.11 Å². The number of halogens is 1. The van der Waals surface area contributed by atoms with Gasteiger partial charge in [-0.1, -0.05) is 23.7 Å². The van der Waals surface area contributed by atoms with Crippen LogP contribution in [0.25, 0.3) is 0 Å². The summed E-state index contributed by atoms with van der Waals surface area (Å²) in [5, 5.41) is 9.02. The number of aromatic nitrogens is 1. The maximum absolute atomic E-state index is 11.0. The van der Waals surface area contributed by atoms with Crippen LogP contribution in [0.1, 0.15) is 10.4 Å². The Morgan fingerprint density at radius 3 is 2.63 bits per heavy atom. The van der Waals surface area contributed by atoms with Crippen LogP contribution in [0.2, 0.25) is 5.02 Å². The van der Waals surface area contributed by atoms with Crippen LogP contribution in [0.5, 0.6) is 17.4 Å². The zero-order valence-corrected chi connectivity index (χ0v) is 10.7. The first-order chi connectivity index (χ1) is 9.11. The Morgan fingerprint density at radius 2 is 2.00 bits per heavy atom. The fourth-order valence-electron chi connectivity index (χ4n) is 1.46. The van der Waals surface area contributed by atoms with E-state index in [4.69, 9.17) is 26.2 Å². The molecule has 0 amide bonds. The Bertz CT molecular complexity index is 615. The molecule has 0 aliphatic carbocycles. The Labute approximate surface area is 114 Å². The summed E-state index contributed by atoms with van der Waals surface area (Å²) in [6.45, 7) is 0. The van der Waals surface area contributed by atoms with Crippen molar-refractivity contribution in [3.63, 3.8) is 0 Å². The van der Waals surface area contributed by atoms with E-state index in [0.717, 1.165) is 0 Å². The number of nitrogens with zero attached hydrogens (tertiary/aromatic N) is 1. The highest BCUT2D eigenvalue weighted by molar-refractivity contribution is 6.33. The molecule has 0 fully saturated rings. The van der Waals surface area contributed by atoms with Gasteiger partial charge in [-0.15, -0.1) is 0 Å². The molecule has 2 aromatic rings. The minimum Gasteiger partial charge on any atom is -0.493 e. The SMILES string of the molecule is COc1ccccc1Oc1cc(C(=O)O)c(Cl)cn1. The van der Waals surface area contributed by atoms with Gasteiger partial charge >= 0.3 is 5.97 Å². The number of aromatic carboxylic acids is 1. The second-order valence-electron chi connectivity index (χ2n) is 3.56. The van der Waals surface area contributed by atoms with E-state index >= 15 is 0 Å². The van der Waals surface area contributed by atoms with Gasteiger partial charge < -0.3 is 14.6 Å². The molecule has 2 rings (SSSR count). The van der Waals surface area contributed by atoms with E-state index in [0.29, 0.717) is 11.5 Å². The van der Waals surface area contributed by atoms with E-state index < -0.39 is 5.97 Å². The fourth-order valence-corrected chi connectivity index (χ4v) is 1.64. The van der Waals surface area contributed by atoms with Crippen LogP contribution in [0, 0.1) is 0 Å². The number of hydrogen-bond acceptors (Lipinski definition) is 4. The summed E-state index contributed by atoms with van der Waals surface area (Å²) in [6, 6.07) is 8.24. The van der Waals surface area contributed by atoms with Crippen LogP contribution < -0.4 is 9.47 Å². The van der Waals surface area contributed by atoms with Crippen molar-refractivity contribution in [2.45, 2.75) is 0 Å². The molecule has 1 N–H and O–H groups in total. The molecule has 0 radical (unpaired) electrons. The summed E-state index contributed by atoms with van der Waals surface area (Å²) in [5.41, 5.74) is -0.0680. The van der Waals surface area contributed by atoms with E-state index in [2.05, 4.69) is 4.98 Å². The van der Waals surface area contributed by atoms with Crippen molar-refractivity contribution in [2.24, 2.45) is 0 Å². The molecular formula is C13H10ClNO4. The predicted molar refractivity (Wildman–Crippen MR) is 69.3 cm³/mol. The quantitative estimate of drug-likeness (QED) is 0.930. The molecule has 0 saturated heterocycles. The molecule has 0 spiro atoms. The highest BCUT2D eigenvalue weighted by Crippen LogP contribution is 2.31. The fraction of sp³-hybridized carbons (Fsp3) is 0.0769. The van der Waals surface area contributed by atoms with Gasteiger partial charge in [-0.05, 0) is 12.1 Å². The van der Waals surface area contributed by atoms with E-state index in [1.807, 2.05) is 0 Å². The Hall–Kier alpha value is -2.27. The molecule has 98 valence electrons. The van der Waals surface area contributed by atoms with Crippen molar-refractivity contribution >= 4 is 17.6 Å². The molecule has 0 aliphatic rings. The number of rotatable bonds is 4. The van der Waals surface area contributed by atoms with Crippen LogP contribution >= 0.6 is 11.6 Å². The largest absolute Gasteiger partial charge is 0.493 e. The average Bonchev–Trinajstić information content (AvgIpc) is 2.41. The second kappa shape index (κ2) is 5.58. The summed E-state index contributed by atoms with van der Waals surface area (Å²) in [4.78, 5) is 14.9. The first kappa shape index (κ1) is 13.2. The Kier molecular flexibility index (Phi) is 3.87. The molecule has 0 unspecified atom stereocenters. The molecule has 0 saturated carbocycles. The Morgan fingerprint density at radius 1 is 1.32 bits per heavy atom. The highest BCUT2D eigenvalue weighted by Gasteiger charge is 2.12. The van der Waals surface area contributed by atoms with Gasteiger partial charge in [-0.3, -0.25) is 0 Å². The summed E-state index contributed by atoms with van der Waals surface area (Å²) < 4.78 is 10.6. The zero-order valence-electron chi connectivity index (χ0n) is 9.96. The maximum atomic E-state index is 11.0. The highest BCUT2D eigenvalue weighted by atomic mass is 35.5. The normalized spacial score (nSPS) is 10.0. The van der Waals surface area contributed by atoms with E-state index in [1.54, 1.807) is 24.3 Å². The van der Waals surface area contributed by atoms with Crippen molar-refractivity contribution in [1.29, 1.82) is 0 Å². The Balaban J connectivity index is 2.33. The maximum Gasteiger partial charge on any atom is 0.337 e. The minimum absolute atomic E-state index is 0.0554. The van der Waals surface area contributed by atoms with Crippen LogP contribution in [0.15, 0.2) is 36.5 Å². The second-order valence-corrected chi connectivity index (χ2v) is 3.97. The third-order valence-corrected chi connectivity index (χ3v) is 2.65. The average molecular weight is 280 g/mol. The molecule has 1 aromatic carbocycles. The zero-order chi connectivity index (χ0) is 13.8. The lowest BCUT2D eigenvalue weighted by molar-refractivity contribution is 0.0696. The molecule has 0 aliphatic heterocycles. The number of benzene rings is 1. The van der Waals surface area contributed by atoms with E-state index in [9.17, 15) is 4.79 Å². The van der Waals surface area contributed by atoms with Crippen LogP contribution in [-0.4, -0.2) is 23.2 Å². The van der Waals surface area contributed by atoms with Crippen LogP contribution in [0.3, 0.4) is 0 Å². The van der Waals surface area contributed by atoms with Gasteiger partial charge in [0.15, 0.2) is 11.5 Å². The summed E-state index contributed by atoms with van der Waals surface area (Å²) in [5.74, 6) is -0.0455. The predicted octanol–water partition coefficient (Wildman–Crippen LogP) is 3.23. The van der Waals surface area contributed by atoms with Crippen LogP contribution in [0.4, 0.5) is 0 Å². The number of methoxy groups -OCH3 is 1. The van der Waals surface area contributed by atoms with Gasteiger partial charge in [0.25, 0.3) is 0 Å². The van der Waals surface area contributed by atoms with E-state index in [-0.39, 0.29) is 16.5 Å². The number of carboxylic acid groups (broad SMARTS) is 1. The van der Waals surface area contributed by atoms with Gasteiger partial charge in [0, 0.05) is 6.07 Å². The topological polar surface area (TPSA) is 68.7 Å². The monoisotopic (exact) mass is 279 g/mol. The molecule has 0 atom stereocenters. The van der Waals surface area contributed by atoms with Crippen molar-refractivity contribution in [3.8, 4) is 17.4 Å². The van der Waals surface area contributed by atoms with Gasteiger partial charge in [0.2, 0.25) is 5.88 Å². The molecule has 1 heterocycles. The summed E-state index contributed by atoms with van der Waals surface area (Å²) in [7, 11) is 1.51. The summed E-state index contributed by atoms with van der Waals surface area (Å²) >= 11 is 5.73. The number of para-hydroxylation sites is 2. The third-order valence-electron chi connectivity index (χ3n) is 2.34. The summed E-state index contributed by atoms with van der Waals surface area (Å²) in [6.07, 6.45) is 1.23. The van der Waals surface area contributed by atoms with Gasteiger partial charge in [0.05, 0.1) is 23.9 Å². The molecule has 19 heavy (non-hydrogen) atoms. The first-order valence-corrected chi connectivity index (χ1v) is 5.69. The number of pyridine rings is 1. The van der Waals surface area contributed by atoms with Crippen LogP contribution in [-0.2, 0) is 0 Å². The van der Waals surface area contributed by atoms with Gasteiger partial charge in [0.1, 0.15) is 0 Å².